The summed E-state index contributed by atoms with van der Waals surface area (Å²) in [5.74, 6) is 0. The van der Waals surface area contributed by atoms with Crippen LogP contribution in [0.4, 0.5) is 5.69 Å². The van der Waals surface area contributed by atoms with Gasteiger partial charge in [0.25, 0.3) is 0 Å². The third-order valence-electron chi connectivity index (χ3n) is 2.74. The van der Waals surface area contributed by atoms with Crippen LogP contribution in [0.15, 0.2) is 53.0 Å². The molecule has 2 aromatic carbocycles. The minimum atomic E-state index is 0.188. The van der Waals surface area contributed by atoms with Crippen molar-refractivity contribution in [2.75, 3.05) is 12.8 Å². The predicted octanol–water partition coefficient (Wildman–Crippen LogP) is 3.34. The van der Waals surface area contributed by atoms with Gasteiger partial charge in [-0.1, -0.05) is 40.2 Å². The molecule has 2 rings (SSSR count). The lowest BCUT2D eigenvalue weighted by atomic mass is 9.99. The van der Waals surface area contributed by atoms with E-state index in [1.807, 2.05) is 31.3 Å². The standard InChI is InChI=1S/C14H15BrN2/c1-17-14(10-5-7-13(16)8-6-10)11-3-2-4-12(15)9-11/h2-9,14,17H,16H2,1H3. The van der Waals surface area contributed by atoms with Gasteiger partial charge >= 0.3 is 0 Å². The van der Waals surface area contributed by atoms with Crippen molar-refractivity contribution in [2.45, 2.75) is 6.04 Å². The first kappa shape index (κ1) is 12.1. The van der Waals surface area contributed by atoms with E-state index < -0.39 is 0 Å². The highest BCUT2D eigenvalue weighted by atomic mass is 79.9. The van der Waals surface area contributed by atoms with Crippen LogP contribution in [-0.4, -0.2) is 7.05 Å². The predicted molar refractivity (Wildman–Crippen MR) is 75.9 cm³/mol. The molecule has 0 aliphatic rings. The highest BCUT2D eigenvalue weighted by molar-refractivity contribution is 9.10. The Morgan fingerprint density at radius 3 is 2.35 bits per heavy atom. The maximum Gasteiger partial charge on any atom is 0.0574 e. The van der Waals surface area contributed by atoms with Gasteiger partial charge in [0.15, 0.2) is 0 Å². The van der Waals surface area contributed by atoms with Gasteiger partial charge in [-0.15, -0.1) is 0 Å². The highest BCUT2D eigenvalue weighted by Gasteiger charge is 2.11. The summed E-state index contributed by atoms with van der Waals surface area (Å²) >= 11 is 3.50. The van der Waals surface area contributed by atoms with Crippen molar-refractivity contribution in [3.63, 3.8) is 0 Å². The first-order valence-corrected chi connectivity index (χ1v) is 6.28. The Labute approximate surface area is 110 Å². The molecule has 2 aromatic rings. The van der Waals surface area contributed by atoms with Gasteiger partial charge in [0.2, 0.25) is 0 Å². The number of rotatable bonds is 3. The third kappa shape index (κ3) is 2.87. The summed E-state index contributed by atoms with van der Waals surface area (Å²) in [5, 5.41) is 3.32. The van der Waals surface area contributed by atoms with E-state index in [4.69, 9.17) is 5.73 Å². The SMILES string of the molecule is CNC(c1ccc(N)cc1)c1cccc(Br)c1. The van der Waals surface area contributed by atoms with E-state index in [1.54, 1.807) is 0 Å². The molecule has 0 bridgehead atoms. The second-order valence-corrected chi connectivity index (χ2v) is 4.86. The summed E-state index contributed by atoms with van der Waals surface area (Å²) < 4.78 is 1.09. The summed E-state index contributed by atoms with van der Waals surface area (Å²) in [4.78, 5) is 0. The van der Waals surface area contributed by atoms with E-state index >= 15 is 0 Å². The second-order valence-electron chi connectivity index (χ2n) is 3.94. The average Bonchev–Trinajstić information content (AvgIpc) is 2.33. The summed E-state index contributed by atoms with van der Waals surface area (Å²) in [5.41, 5.74) is 8.93. The van der Waals surface area contributed by atoms with Crippen molar-refractivity contribution >= 4 is 21.6 Å². The molecule has 17 heavy (non-hydrogen) atoms. The molecule has 0 aliphatic heterocycles. The largest absolute Gasteiger partial charge is 0.399 e. The molecular formula is C14H15BrN2. The molecule has 0 fully saturated rings. The monoisotopic (exact) mass is 290 g/mol. The number of anilines is 1. The van der Waals surface area contributed by atoms with Crippen LogP contribution < -0.4 is 11.1 Å². The molecule has 88 valence electrons. The van der Waals surface area contributed by atoms with Crippen molar-refractivity contribution in [2.24, 2.45) is 0 Å². The van der Waals surface area contributed by atoms with Crippen molar-refractivity contribution < 1.29 is 0 Å². The fourth-order valence-electron chi connectivity index (χ4n) is 1.90. The molecule has 0 saturated carbocycles. The molecular weight excluding hydrogens is 276 g/mol. The van der Waals surface area contributed by atoms with Crippen molar-refractivity contribution in [1.29, 1.82) is 0 Å². The Bertz CT molecular complexity index is 494. The molecule has 3 N–H and O–H groups in total. The van der Waals surface area contributed by atoms with E-state index in [2.05, 4.69) is 45.5 Å². The topological polar surface area (TPSA) is 38.0 Å². The van der Waals surface area contributed by atoms with E-state index in [9.17, 15) is 0 Å². The van der Waals surface area contributed by atoms with Gasteiger partial charge in [-0.2, -0.15) is 0 Å². The van der Waals surface area contributed by atoms with Crippen LogP contribution in [0.1, 0.15) is 17.2 Å². The van der Waals surface area contributed by atoms with Gasteiger partial charge < -0.3 is 11.1 Å². The van der Waals surface area contributed by atoms with E-state index in [0.29, 0.717) is 0 Å². The number of hydrogen-bond donors (Lipinski definition) is 2. The zero-order valence-electron chi connectivity index (χ0n) is 9.65. The van der Waals surface area contributed by atoms with Gasteiger partial charge in [0.05, 0.1) is 6.04 Å². The third-order valence-corrected chi connectivity index (χ3v) is 3.23. The lowest BCUT2D eigenvalue weighted by molar-refractivity contribution is 0.691. The van der Waals surface area contributed by atoms with Crippen LogP contribution in [-0.2, 0) is 0 Å². The summed E-state index contributed by atoms with van der Waals surface area (Å²) in [7, 11) is 1.96. The molecule has 2 nitrogen and oxygen atoms in total. The summed E-state index contributed by atoms with van der Waals surface area (Å²) in [6, 6.07) is 16.5. The Morgan fingerprint density at radius 1 is 1.06 bits per heavy atom. The Morgan fingerprint density at radius 2 is 1.76 bits per heavy atom. The first-order chi connectivity index (χ1) is 8.20. The quantitative estimate of drug-likeness (QED) is 0.851. The molecule has 3 heteroatoms. The van der Waals surface area contributed by atoms with Crippen LogP contribution in [0.3, 0.4) is 0 Å². The summed E-state index contributed by atoms with van der Waals surface area (Å²) in [6.45, 7) is 0. The molecule has 1 unspecified atom stereocenters. The molecule has 0 aromatic heterocycles. The number of nitrogen functional groups attached to an aromatic ring is 1. The van der Waals surface area contributed by atoms with Crippen LogP contribution in [0.5, 0.6) is 0 Å². The van der Waals surface area contributed by atoms with Crippen molar-refractivity contribution in [3.8, 4) is 0 Å². The number of hydrogen-bond acceptors (Lipinski definition) is 2. The van der Waals surface area contributed by atoms with Crippen molar-refractivity contribution in [3.05, 3.63) is 64.1 Å². The van der Waals surface area contributed by atoms with Crippen LogP contribution >= 0.6 is 15.9 Å². The van der Waals surface area contributed by atoms with Crippen molar-refractivity contribution in [1.82, 2.24) is 5.32 Å². The minimum Gasteiger partial charge on any atom is -0.399 e. The van der Waals surface area contributed by atoms with Crippen LogP contribution in [0.2, 0.25) is 0 Å². The molecule has 0 heterocycles. The van der Waals surface area contributed by atoms with Gasteiger partial charge in [-0.25, -0.2) is 0 Å². The maximum atomic E-state index is 5.70. The van der Waals surface area contributed by atoms with Crippen LogP contribution in [0.25, 0.3) is 0 Å². The van der Waals surface area contributed by atoms with Gasteiger partial charge in [0.1, 0.15) is 0 Å². The smallest absolute Gasteiger partial charge is 0.0574 e. The maximum absolute atomic E-state index is 5.70. The van der Waals surface area contributed by atoms with Gasteiger partial charge in [0, 0.05) is 10.2 Å². The number of benzene rings is 2. The normalized spacial score (nSPS) is 12.4. The van der Waals surface area contributed by atoms with Gasteiger partial charge in [-0.3, -0.25) is 0 Å². The number of nitrogens with one attached hydrogen (secondary N) is 1. The molecule has 1 atom stereocenters. The zero-order valence-corrected chi connectivity index (χ0v) is 11.2. The fraction of sp³-hybridized carbons (Fsp3) is 0.143. The lowest BCUT2D eigenvalue weighted by Gasteiger charge is -2.17. The summed E-state index contributed by atoms with van der Waals surface area (Å²) in [6.07, 6.45) is 0. The first-order valence-electron chi connectivity index (χ1n) is 5.49. The highest BCUT2D eigenvalue weighted by Crippen LogP contribution is 2.24. The molecule has 0 aliphatic carbocycles. The molecule has 0 radical (unpaired) electrons. The van der Waals surface area contributed by atoms with E-state index in [-0.39, 0.29) is 6.04 Å². The second kappa shape index (κ2) is 5.34. The van der Waals surface area contributed by atoms with E-state index in [0.717, 1.165) is 10.2 Å². The number of halogens is 1. The Kier molecular flexibility index (Phi) is 3.82. The van der Waals surface area contributed by atoms with Crippen LogP contribution in [0, 0.1) is 0 Å². The fourth-order valence-corrected chi connectivity index (χ4v) is 2.32. The Hall–Kier alpha value is -1.32. The molecule has 0 spiro atoms. The molecule has 0 amide bonds. The minimum absolute atomic E-state index is 0.188. The van der Waals surface area contributed by atoms with Gasteiger partial charge in [-0.05, 0) is 42.4 Å². The lowest BCUT2D eigenvalue weighted by Crippen LogP contribution is -2.17. The zero-order chi connectivity index (χ0) is 12.3. The number of nitrogens with two attached hydrogens (primary N) is 1. The molecule has 0 saturated heterocycles. The average molecular weight is 291 g/mol. The van der Waals surface area contributed by atoms with E-state index in [1.165, 1.54) is 11.1 Å². The Balaban J connectivity index is 2.36.